The average molecular weight is 319 g/mol. The van der Waals surface area contributed by atoms with Gasteiger partial charge in [0.05, 0.1) is 0 Å². The van der Waals surface area contributed by atoms with Gasteiger partial charge in [-0.15, -0.1) is 11.3 Å². The summed E-state index contributed by atoms with van der Waals surface area (Å²) in [6.45, 7) is 6.60. The van der Waals surface area contributed by atoms with Gasteiger partial charge in [-0.2, -0.15) is 0 Å². The maximum Gasteiger partial charge on any atom is 0.0300 e. The Kier molecular flexibility index (Phi) is 6.70. The number of hydrogen-bond donors (Lipinski definition) is 1. The molecule has 1 rings (SSSR count). The van der Waals surface area contributed by atoms with Crippen molar-refractivity contribution in [3.8, 4) is 0 Å². The Bertz CT molecular complexity index is 323. The highest BCUT2D eigenvalue weighted by Gasteiger charge is 2.12. The molecule has 4 heteroatoms. The maximum absolute atomic E-state index is 3.55. The monoisotopic (exact) mass is 318 g/mol. The van der Waals surface area contributed by atoms with Crippen LogP contribution in [0.1, 0.15) is 25.1 Å². The molecule has 0 saturated carbocycles. The Hall–Kier alpha value is 0.1000. The molecule has 0 aliphatic heterocycles. The molecule has 0 bridgehead atoms. The van der Waals surface area contributed by atoms with Crippen LogP contribution in [0.2, 0.25) is 0 Å². The number of hydrogen-bond acceptors (Lipinski definition) is 3. The molecule has 1 N–H and O–H groups in total. The predicted octanol–water partition coefficient (Wildman–Crippen LogP) is 3.58. The Morgan fingerprint density at radius 1 is 1.41 bits per heavy atom. The van der Waals surface area contributed by atoms with Crippen LogP contribution in [0.5, 0.6) is 0 Å². The number of thiophene rings is 1. The maximum atomic E-state index is 3.55. The summed E-state index contributed by atoms with van der Waals surface area (Å²) in [5, 5.41) is 5.68. The van der Waals surface area contributed by atoms with E-state index in [-0.39, 0.29) is 0 Å². The van der Waals surface area contributed by atoms with E-state index in [1.165, 1.54) is 15.8 Å². The fourth-order valence-corrected chi connectivity index (χ4v) is 3.25. The second-order valence-corrected chi connectivity index (χ2v) is 7.02. The van der Waals surface area contributed by atoms with Crippen LogP contribution in [0.15, 0.2) is 15.9 Å². The summed E-state index contributed by atoms with van der Waals surface area (Å²) in [5.41, 5.74) is 0. The molecular weight excluding hydrogens is 296 g/mol. The smallest absolute Gasteiger partial charge is 0.0300 e. The van der Waals surface area contributed by atoms with Crippen LogP contribution < -0.4 is 5.32 Å². The first kappa shape index (κ1) is 15.2. The summed E-state index contributed by atoms with van der Waals surface area (Å²) in [6, 6.07) is 2.81. The topological polar surface area (TPSA) is 15.3 Å². The molecule has 2 nitrogen and oxygen atoms in total. The zero-order valence-electron chi connectivity index (χ0n) is 11.2. The largest absolute Gasteiger partial charge is 0.310 e. The highest BCUT2D eigenvalue weighted by atomic mass is 79.9. The van der Waals surface area contributed by atoms with E-state index in [4.69, 9.17) is 0 Å². The fraction of sp³-hybridized carbons (Fsp3) is 0.692. The van der Waals surface area contributed by atoms with Gasteiger partial charge in [0.25, 0.3) is 0 Å². The molecule has 1 heterocycles. The molecule has 98 valence electrons. The molecule has 0 aliphatic rings. The van der Waals surface area contributed by atoms with E-state index in [1.54, 1.807) is 11.3 Å². The lowest BCUT2D eigenvalue weighted by Crippen LogP contribution is -2.38. The van der Waals surface area contributed by atoms with Gasteiger partial charge in [0.1, 0.15) is 0 Å². The number of rotatable bonds is 7. The lowest BCUT2D eigenvalue weighted by Gasteiger charge is -2.26. The van der Waals surface area contributed by atoms with Crippen LogP contribution in [-0.4, -0.2) is 31.6 Å². The first-order valence-electron chi connectivity index (χ1n) is 6.09. The van der Waals surface area contributed by atoms with Gasteiger partial charge in [-0.1, -0.05) is 13.8 Å². The fourth-order valence-electron chi connectivity index (χ4n) is 1.83. The van der Waals surface area contributed by atoms with Crippen LogP contribution in [-0.2, 0) is 6.54 Å². The van der Waals surface area contributed by atoms with Crippen molar-refractivity contribution in [2.75, 3.05) is 20.6 Å². The average Bonchev–Trinajstić information content (AvgIpc) is 2.62. The molecule has 0 saturated heterocycles. The second-order valence-electron chi connectivity index (χ2n) is 5.11. The van der Waals surface area contributed by atoms with Crippen LogP contribution >= 0.6 is 27.3 Å². The van der Waals surface area contributed by atoms with E-state index in [9.17, 15) is 0 Å². The highest BCUT2D eigenvalue weighted by Crippen LogP contribution is 2.19. The van der Waals surface area contributed by atoms with Crippen molar-refractivity contribution in [2.24, 2.45) is 5.92 Å². The van der Waals surface area contributed by atoms with Crippen molar-refractivity contribution in [1.82, 2.24) is 10.2 Å². The summed E-state index contributed by atoms with van der Waals surface area (Å²) in [6.07, 6.45) is 1.24. The number of nitrogens with one attached hydrogen (secondary N) is 1. The Morgan fingerprint density at radius 3 is 2.59 bits per heavy atom. The molecule has 0 radical (unpaired) electrons. The lowest BCUT2D eigenvalue weighted by atomic mass is 10.0. The minimum Gasteiger partial charge on any atom is -0.310 e. The molecule has 1 atom stereocenters. The van der Waals surface area contributed by atoms with Crippen LogP contribution in [0.3, 0.4) is 0 Å². The Morgan fingerprint density at radius 2 is 2.12 bits per heavy atom. The first-order chi connectivity index (χ1) is 7.99. The third-order valence-corrected chi connectivity index (χ3v) is 4.47. The third kappa shape index (κ3) is 6.00. The summed E-state index contributed by atoms with van der Waals surface area (Å²) < 4.78 is 1.19. The van der Waals surface area contributed by atoms with Crippen molar-refractivity contribution in [3.63, 3.8) is 0 Å². The molecule has 0 aromatic carbocycles. The summed E-state index contributed by atoms with van der Waals surface area (Å²) in [5.74, 6) is 0.750. The third-order valence-electron chi connectivity index (χ3n) is 2.77. The van der Waals surface area contributed by atoms with Gasteiger partial charge in [0.2, 0.25) is 0 Å². The van der Waals surface area contributed by atoms with Crippen LogP contribution in [0.4, 0.5) is 0 Å². The quantitative estimate of drug-likeness (QED) is 0.826. The highest BCUT2D eigenvalue weighted by molar-refractivity contribution is 9.10. The van der Waals surface area contributed by atoms with E-state index in [2.05, 4.69) is 65.5 Å². The summed E-state index contributed by atoms with van der Waals surface area (Å²) in [7, 11) is 4.33. The number of nitrogens with zero attached hydrogens (tertiary/aromatic N) is 1. The zero-order chi connectivity index (χ0) is 12.8. The van der Waals surface area contributed by atoms with Gasteiger partial charge in [0.15, 0.2) is 0 Å². The number of halogens is 1. The van der Waals surface area contributed by atoms with E-state index >= 15 is 0 Å². The predicted molar refractivity (Wildman–Crippen MR) is 80.7 cm³/mol. The molecular formula is C13H23BrN2S. The standard InChI is InChI=1S/C13H23BrN2S/c1-10(2)5-12(16(3)4)7-15-8-13-6-11(14)9-17-13/h6,9-10,12,15H,5,7-8H2,1-4H3. The van der Waals surface area contributed by atoms with Crippen LogP contribution in [0, 0.1) is 5.92 Å². The van der Waals surface area contributed by atoms with Gasteiger partial charge < -0.3 is 10.2 Å². The lowest BCUT2D eigenvalue weighted by molar-refractivity contribution is 0.247. The Labute approximate surface area is 118 Å². The van der Waals surface area contributed by atoms with Gasteiger partial charge in [-0.3, -0.25) is 0 Å². The minimum atomic E-state index is 0.624. The number of likely N-dealkylation sites (N-methyl/N-ethyl adjacent to an activating group) is 1. The van der Waals surface area contributed by atoms with Gasteiger partial charge >= 0.3 is 0 Å². The van der Waals surface area contributed by atoms with Crippen molar-refractivity contribution < 1.29 is 0 Å². The zero-order valence-corrected chi connectivity index (χ0v) is 13.6. The van der Waals surface area contributed by atoms with Gasteiger partial charge in [0, 0.05) is 33.9 Å². The first-order valence-corrected chi connectivity index (χ1v) is 7.76. The van der Waals surface area contributed by atoms with Crippen molar-refractivity contribution >= 4 is 27.3 Å². The molecule has 1 unspecified atom stereocenters. The van der Waals surface area contributed by atoms with E-state index < -0.39 is 0 Å². The second kappa shape index (κ2) is 7.52. The SMILES string of the molecule is CC(C)CC(CNCc1cc(Br)cs1)N(C)C. The Balaban J connectivity index is 2.31. The van der Waals surface area contributed by atoms with Gasteiger partial charge in [-0.25, -0.2) is 0 Å². The van der Waals surface area contributed by atoms with Crippen LogP contribution in [0.25, 0.3) is 0 Å². The molecule has 0 amide bonds. The molecule has 1 aromatic heterocycles. The molecule has 17 heavy (non-hydrogen) atoms. The molecule has 0 spiro atoms. The summed E-state index contributed by atoms with van der Waals surface area (Å²) in [4.78, 5) is 3.70. The van der Waals surface area contributed by atoms with Crippen molar-refractivity contribution in [1.29, 1.82) is 0 Å². The normalized spacial score (nSPS) is 13.6. The molecule has 0 fully saturated rings. The summed E-state index contributed by atoms with van der Waals surface area (Å²) >= 11 is 5.28. The van der Waals surface area contributed by atoms with E-state index in [1.807, 2.05) is 0 Å². The molecule has 0 aliphatic carbocycles. The molecule has 1 aromatic rings. The van der Waals surface area contributed by atoms with Gasteiger partial charge in [-0.05, 0) is 48.4 Å². The van der Waals surface area contributed by atoms with E-state index in [0.717, 1.165) is 19.0 Å². The van der Waals surface area contributed by atoms with E-state index in [0.29, 0.717) is 6.04 Å². The van der Waals surface area contributed by atoms with Crippen molar-refractivity contribution in [2.45, 2.75) is 32.9 Å². The van der Waals surface area contributed by atoms with Crippen molar-refractivity contribution in [3.05, 3.63) is 20.8 Å². The minimum absolute atomic E-state index is 0.624.